The summed E-state index contributed by atoms with van der Waals surface area (Å²) in [7, 11) is 0. The van der Waals surface area contributed by atoms with E-state index in [4.69, 9.17) is 0 Å². The Bertz CT molecular complexity index is 868. The molecule has 0 aliphatic carbocycles. The highest BCUT2D eigenvalue weighted by molar-refractivity contribution is 5.96. The maximum absolute atomic E-state index is 12.2. The first kappa shape index (κ1) is 17.2. The Morgan fingerprint density at radius 2 is 1.03 bits per heavy atom. The van der Waals surface area contributed by atoms with Gasteiger partial charge in [-0.2, -0.15) is 0 Å². The summed E-state index contributed by atoms with van der Waals surface area (Å²) in [4.78, 5) is 29.1. The van der Waals surface area contributed by atoms with Gasteiger partial charge in [0.15, 0.2) is 0 Å². The molecule has 2 amide bonds. The molecule has 6 heteroatoms. The minimum absolute atomic E-state index is 0.119. The van der Waals surface area contributed by atoms with E-state index in [1.54, 1.807) is 0 Å². The molecule has 0 aromatic heterocycles. The Morgan fingerprint density at radius 3 is 1.38 bits per heavy atom. The lowest BCUT2D eigenvalue weighted by molar-refractivity contribution is -0.131. The SMILES string of the molecule is O=C(CC(=O)NCN1C2CC1c1ccccc12)NCN1C2CC1c1ccccc12. The third-order valence-electron chi connectivity index (χ3n) is 7.16. The van der Waals surface area contributed by atoms with Gasteiger partial charge in [-0.15, -0.1) is 0 Å². The maximum atomic E-state index is 12.2. The quantitative estimate of drug-likeness (QED) is 0.747. The number of fused-ring (bicyclic) bond motifs is 10. The molecule has 2 fully saturated rings. The van der Waals surface area contributed by atoms with Crippen LogP contribution in [-0.4, -0.2) is 35.0 Å². The molecule has 4 aliphatic heterocycles. The first-order valence-corrected chi connectivity index (χ1v) is 10.4. The van der Waals surface area contributed by atoms with Gasteiger partial charge in [-0.3, -0.25) is 19.4 Å². The fourth-order valence-electron chi connectivity index (χ4n) is 5.65. The van der Waals surface area contributed by atoms with Gasteiger partial charge in [0.1, 0.15) is 6.42 Å². The highest BCUT2D eigenvalue weighted by Crippen LogP contribution is 2.57. The summed E-state index contributed by atoms with van der Waals surface area (Å²) in [5.74, 6) is -0.430. The number of amides is 2. The van der Waals surface area contributed by atoms with Crippen molar-refractivity contribution in [3.8, 4) is 0 Å². The molecule has 6 nitrogen and oxygen atoms in total. The van der Waals surface area contributed by atoms with Crippen LogP contribution in [0.2, 0.25) is 0 Å². The van der Waals surface area contributed by atoms with Gasteiger partial charge in [-0.05, 0) is 35.1 Å². The first-order valence-electron chi connectivity index (χ1n) is 10.4. The number of hydrogen-bond donors (Lipinski definition) is 2. The fourth-order valence-corrected chi connectivity index (χ4v) is 5.65. The first-order chi connectivity index (χ1) is 14.2. The molecule has 148 valence electrons. The second-order valence-corrected chi connectivity index (χ2v) is 8.51. The average molecular weight is 388 g/mol. The highest BCUT2D eigenvalue weighted by atomic mass is 16.2. The number of nitrogens with zero attached hydrogens (tertiary/aromatic N) is 2. The van der Waals surface area contributed by atoms with Crippen LogP contribution >= 0.6 is 0 Å². The van der Waals surface area contributed by atoms with Gasteiger partial charge >= 0.3 is 0 Å². The van der Waals surface area contributed by atoms with Gasteiger partial charge in [-0.25, -0.2) is 0 Å². The molecule has 4 bridgehead atoms. The van der Waals surface area contributed by atoms with E-state index in [0.29, 0.717) is 37.5 Å². The molecular weight excluding hydrogens is 364 g/mol. The van der Waals surface area contributed by atoms with Crippen molar-refractivity contribution in [1.82, 2.24) is 20.4 Å². The molecule has 29 heavy (non-hydrogen) atoms. The van der Waals surface area contributed by atoms with Crippen molar-refractivity contribution in [2.75, 3.05) is 13.3 Å². The Balaban J connectivity index is 0.961. The maximum Gasteiger partial charge on any atom is 0.230 e. The van der Waals surface area contributed by atoms with E-state index in [2.05, 4.69) is 69.0 Å². The van der Waals surface area contributed by atoms with Gasteiger partial charge in [0, 0.05) is 24.2 Å². The molecule has 0 spiro atoms. The smallest absolute Gasteiger partial charge is 0.230 e. The molecule has 4 unspecified atom stereocenters. The highest BCUT2D eigenvalue weighted by Gasteiger charge is 2.49. The van der Waals surface area contributed by atoms with Crippen molar-refractivity contribution < 1.29 is 9.59 Å². The second-order valence-electron chi connectivity index (χ2n) is 8.51. The second kappa shape index (κ2) is 6.40. The molecule has 6 rings (SSSR count). The van der Waals surface area contributed by atoms with Crippen molar-refractivity contribution >= 4 is 11.8 Å². The Labute approximate surface area is 169 Å². The number of hydrogen-bond acceptors (Lipinski definition) is 4. The number of benzene rings is 2. The normalized spacial score (nSPS) is 28.1. The molecule has 0 radical (unpaired) electrons. The van der Waals surface area contributed by atoms with Gasteiger partial charge in [-0.1, -0.05) is 48.5 Å². The van der Waals surface area contributed by atoms with Gasteiger partial charge in [0.25, 0.3) is 0 Å². The summed E-state index contributed by atoms with van der Waals surface area (Å²) in [6.45, 7) is 1.00. The number of carbonyl (C=O) groups excluding carboxylic acids is 2. The zero-order chi connectivity index (χ0) is 19.5. The molecule has 2 aromatic rings. The minimum atomic E-state index is -0.215. The van der Waals surface area contributed by atoms with E-state index in [0.717, 1.165) is 12.8 Å². The Kier molecular flexibility index (Phi) is 3.79. The number of rotatable bonds is 6. The van der Waals surface area contributed by atoms with Crippen molar-refractivity contribution in [2.24, 2.45) is 0 Å². The van der Waals surface area contributed by atoms with E-state index in [1.165, 1.54) is 22.3 Å². The van der Waals surface area contributed by atoms with E-state index in [9.17, 15) is 9.59 Å². The van der Waals surface area contributed by atoms with Crippen LogP contribution in [0.4, 0.5) is 0 Å². The lowest BCUT2D eigenvalue weighted by atomic mass is 10.0. The standard InChI is InChI=1S/C23H24N4O2/c28-22(24-12-26-18-9-19(26)15-6-2-1-5-14(15)18)11-23(29)25-13-27-20-10-21(27)17-8-4-3-7-16(17)20/h1-8,18-21H,9-13H2,(H,24,28)(H,25,29). The van der Waals surface area contributed by atoms with E-state index < -0.39 is 0 Å². The molecular formula is C23H24N4O2. The van der Waals surface area contributed by atoms with Gasteiger partial charge < -0.3 is 10.6 Å². The molecule has 4 aliphatic rings. The van der Waals surface area contributed by atoms with E-state index in [1.807, 2.05) is 0 Å². The predicted octanol–water partition coefficient (Wildman–Crippen LogP) is 2.53. The molecule has 4 atom stereocenters. The van der Waals surface area contributed by atoms with Crippen LogP contribution in [0.3, 0.4) is 0 Å². The van der Waals surface area contributed by atoms with Crippen LogP contribution in [-0.2, 0) is 9.59 Å². The van der Waals surface area contributed by atoms with Crippen LogP contribution in [0.5, 0.6) is 0 Å². The van der Waals surface area contributed by atoms with E-state index >= 15 is 0 Å². The average Bonchev–Trinajstić information content (AvgIpc) is 3.41. The summed E-state index contributed by atoms with van der Waals surface area (Å²) in [6, 6.07) is 18.6. The summed E-state index contributed by atoms with van der Waals surface area (Å²) in [5, 5.41) is 5.85. The van der Waals surface area contributed by atoms with Crippen LogP contribution in [0, 0.1) is 0 Å². The largest absolute Gasteiger partial charge is 0.343 e. The topological polar surface area (TPSA) is 64.7 Å². The summed E-state index contributed by atoms with van der Waals surface area (Å²) in [6.07, 6.45) is 2.15. The van der Waals surface area contributed by atoms with Crippen LogP contribution < -0.4 is 10.6 Å². The van der Waals surface area contributed by atoms with Crippen molar-refractivity contribution in [2.45, 2.75) is 43.4 Å². The Morgan fingerprint density at radius 1 is 0.690 bits per heavy atom. The van der Waals surface area contributed by atoms with E-state index in [-0.39, 0.29) is 18.2 Å². The van der Waals surface area contributed by atoms with Crippen molar-refractivity contribution in [1.29, 1.82) is 0 Å². The summed E-state index contributed by atoms with van der Waals surface area (Å²) < 4.78 is 0. The molecule has 0 saturated carbocycles. The lowest BCUT2D eigenvalue weighted by Gasteiger charge is -2.41. The monoisotopic (exact) mass is 388 g/mol. The van der Waals surface area contributed by atoms with Crippen LogP contribution in [0.15, 0.2) is 48.5 Å². The fraction of sp³-hybridized carbons (Fsp3) is 0.391. The molecule has 2 N–H and O–H groups in total. The molecule has 4 heterocycles. The van der Waals surface area contributed by atoms with Crippen LogP contribution in [0.25, 0.3) is 0 Å². The molecule has 2 saturated heterocycles. The third-order valence-corrected chi connectivity index (χ3v) is 7.16. The van der Waals surface area contributed by atoms with Crippen molar-refractivity contribution in [3.63, 3.8) is 0 Å². The van der Waals surface area contributed by atoms with Crippen LogP contribution in [0.1, 0.15) is 65.7 Å². The summed E-state index contributed by atoms with van der Waals surface area (Å²) >= 11 is 0. The predicted molar refractivity (Wildman–Crippen MR) is 107 cm³/mol. The minimum Gasteiger partial charge on any atom is -0.343 e. The number of carbonyl (C=O) groups is 2. The third kappa shape index (κ3) is 2.56. The number of nitrogens with one attached hydrogen (secondary N) is 2. The zero-order valence-corrected chi connectivity index (χ0v) is 16.2. The zero-order valence-electron chi connectivity index (χ0n) is 16.2. The Hall–Kier alpha value is -2.70. The summed E-state index contributed by atoms with van der Waals surface area (Å²) in [5.41, 5.74) is 5.54. The lowest BCUT2D eigenvalue weighted by Crippen LogP contribution is -2.47. The van der Waals surface area contributed by atoms with Crippen molar-refractivity contribution in [3.05, 3.63) is 70.8 Å². The molecule has 2 aromatic carbocycles. The van der Waals surface area contributed by atoms with Gasteiger partial charge in [0.2, 0.25) is 11.8 Å². The van der Waals surface area contributed by atoms with Gasteiger partial charge in [0.05, 0.1) is 13.3 Å².